The average Bonchev–Trinajstić information content (AvgIpc) is 3.33. The second-order valence-electron chi connectivity index (χ2n) is 7.03. The Bertz CT molecular complexity index is 825. The fourth-order valence-electron chi connectivity index (χ4n) is 3.72. The molecule has 2 aromatic carbocycles. The summed E-state index contributed by atoms with van der Waals surface area (Å²) in [6.45, 7) is 5.20. The lowest BCUT2D eigenvalue weighted by atomic mass is 10.0. The largest absolute Gasteiger partial charge is 0.296 e. The van der Waals surface area contributed by atoms with E-state index >= 15 is 0 Å². The molecule has 3 aromatic rings. The summed E-state index contributed by atoms with van der Waals surface area (Å²) in [5, 5.41) is 12.9. The highest BCUT2D eigenvalue weighted by Crippen LogP contribution is 2.31. The normalized spacial score (nSPS) is 17.7. The van der Waals surface area contributed by atoms with Gasteiger partial charge >= 0.3 is 0 Å². The monoisotopic (exact) mass is 347 g/mol. The Kier molecular flexibility index (Phi) is 5.07. The molecule has 134 valence electrons. The van der Waals surface area contributed by atoms with Crippen molar-refractivity contribution in [2.24, 2.45) is 0 Å². The zero-order valence-electron chi connectivity index (χ0n) is 15.3. The standard InChI is InChI=1S/C21H25N5/c1-17-10-12-18(13-11-17)20-9-5-14-25(20)15-6-16-26-23-21(22-24-26)19-7-3-2-4-8-19/h2-4,7-8,10-13,20H,5-6,9,14-16H2,1H3. The molecule has 1 aliphatic rings. The van der Waals surface area contributed by atoms with Gasteiger partial charge in [0, 0.05) is 18.2 Å². The molecule has 5 heteroatoms. The highest BCUT2D eigenvalue weighted by Gasteiger charge is 2.25. The SMILES string of the molecule is Cc1ccc(C2CCCN2CCCn2nnc(-c3ccccc3)n2)cc1. The Morgan fingerprint density at radius 2 is 1.81 bits per heavy atom. The quantitative estimate of drug-likeness (QED) is 0.679. The molecule has 1 fully saturated rings. The summed E-state index contributed by atoms with van der Waals surface area (Å²) < 4.78 is 0. The zero-order chi connectivity index (χ0) is 17.8. The Hall–Kier alpha value is -2.53. The van der Waals surface area contributed by atoms with Crippen molar-refractivity contribution in [2.45, 2.75) is 38.8 Å². The van der Waals surface area contributed by atoms with Crippen LogP contribution in [0.25, 0.3) is 11.4 Å². The summed E-state index contributed by atoms with van der Waals surface area (Å²) in [7, 11) is 0. The molecule has 0 N–H and O–H groups in total. The number of aryl methyl sites for hydroxylation is 2. The first-order valence-electron chi connectivity index (χ1n) is 9.43. The first-order chi connectivity index (χ1) is 12.8. The van der Waals surface area contributed by atoms with Gasteiger partial charge in [0.05, 0.1) is 6.54 Å². The van der Waals surface area contributed by atoms with Gasteiger partial charge in [-0.15, -0.1) is 10.2 Å². The molecule has 5 nitrogen and oxygen atoms in total. The van der Waals surface area contributed by atoms with Crippen LogP contribution in [0.2, 0.25) is 0 Å². The molecule has 1 saturated heterocycles. The number of nitrogens with zero attached hydrogens (tertiary/aromatic N) is 5. The number of tetrazole rings is 1. The van der Waals surface area contributed by atoms with Crippen molar-refractivity contribution in [3.8, 4) is 11.4 Å². The summed E-state index contributed by atoms with van der Waals surface area (Å²) in [6, 6.07) is 19.6. The van der Waals surface area contributed by atoms with E-state index in [4.69, 9.17) is 0 Å². The van der Waals surface area contributed by atoms with Gasteiger partial charge in [0.15, 0.2) is 0 Å². The van der Waals surface area contributed by atoms with E-state index in [0.717, 1.165) is 25.1 Å². The second-order valence-corrected chi connectivity index (χ2v) is 7.03. The van der Waals surface area contributed by atoms with E-state index in [1.165, 1.54) is 30.5 Å². The van der Waals surface area contributed by atoms with E-state index in [2.05, 4.69) is 51.5 Å². The molecule has 0 radical (unpaired) electrons. The van der Waals surface area contributed by atoms with Crippen LogP contribution in [-0.4, -0.2) is 38.2 Å². The molecule has 4 rings (SSSR count). The molecule has 26 heavy (non-hydrogen) atoms. The lowest BCUT2D eigenvalue weighted by molar-refractivity contribution is 0.245. The first kappa shape index (κ1) is 16.9. The van der Waals surface area contributed by atoms with Gasteiger partial charge in [-0.2, -0.15) is 4.80 Å². The van der Waals surface area contributed by atoms with E-state index in [-0.39, 0.29) is 0 Å². The molecule has 0 spiro atoms. The number of hydrogen-bond acceptors (Lipinski definition) is 4. The van der Waals surface area contributed by atoms with Crippen molar-refractivity contribution in [3.63, 3.8) is 0 Å². The maximum atomic E-state index is 4.51. The predicted octanol–water partition coefficient (Wildman–Crippen LogP) is 3.88. The number of hydrogen-bond donors (Lipinski definition) is 0. The third kappa shape index (κ3) is 3.83. The topological polar surface area (TPSA) is 46.8 Å². The van der Waals surface area contributed by atoms with Crippen LogP contribution in [0, 0.1) is 6.92 Å². The van der Waals surface area contributed by atoms with Crippen molar-refractivity contribution in [2.75, 3.05) is 13.1 Å². The summed E-state index contributed by atoms with van der Waals surface area (Å²) in [5.41, 5.74) is 3.78. The van der Waals surface area contributed by atoms with Crippen molar-refractivity contribution in [1.82, 2.24) is 25.1 Å². The minimum atomic E-state index is 0.555. The van der Waals surface area contributed by atoms with Gasteiger partial charge in [0.2, 0.25) is 5.82 Å². The van der Waals surface area contributed by atoms with Crippen LogP contribution in [0.3, 0.4) is 0 Å². The average molecular weight is 347 g/mol. The van der Waals surface area contributed by atoms with E-state index in [1.54, 1.807) is 4.80 Å². The maximum Gasteiger partial charge on any atom is 0.204 e. The predicted molar refractivity (Wildman–Crippen MR) is 103 cm³/mol. The maximum absolute atomic E-state index is 4.51. The number of likely N-dealkylation sites (tertiary alicyclic amines) is 1. The van der Waals surface area contributed by atoms with E-state index < -0.39 is 0 Å². The van der Waals surface area contributed by atoms with Crippen LogP contribution in [-0.2, 0) is 6.54 Å². The van der Waals surface area contributed by atoms with E-state index in [1.807, 2.05) is 30.3 Å². The van der Waals surface area contributed by atoms with Crippen LogP contribution in [0.15, 0.2) is 54.6 Å². The smallest absolute Gasteiger partial charge is 0.204 e. The Morgan fingerprint density at radius 3 is 2.62 bits per heavy atom. The van der Waals surface area contributed by atoms with Crippen molar-refractivity contribution in [3.05, 3.63) is 65.7 Å². The Balaban J connectivity index is 1.33. The number of benzene rings is 2. The Labute approximate surface area is 154 Å². The number of rotatable bonds is 6. The molecule has 1 aromatic heterocycles. The summed E-state index contributed by atoms with van der Waals surface area (Å²) in [6.07, 6.45) is 3.56. The molecule has 0 saturated carbocycles. The molecule has 0 amide bonds. The van der Waals surface area contributed by atoms with Crippen LogP contribution >= 0.6 is 0 Å². The van der Waals surface area contributed by atoms with Gasteiger partial charge in [-0.25, -0.2) is 0 Å². The molecular weight excluding hydrogens is 322 g/mol. The fraction of sp³-hybridized carbons (Fsp3) is 0.381. The fourth-order valence-corrected chi connectivity index (χ4v) is 3.72. The molecule has 1 aliphatic heterocycles. The third-order valence-corrected chi connectivity index (χ3v) is 5.11. The molecule has 2 heterocycles. The third-order valence-electron chi connectivity index (χ3n) is 5.11. The van der Waals surface area contributed by atoms with Crippen LogP contribution < -0.4 is 0 Å². The number of aromatic nitrogens is 4. The van der Waals surface area contributed by atoms with E-state index in [0.29, 0.717) is 11.9 Å². The minimum absolute atomic E-state index is 0.555. The van der Waals surface area contributed by atoms with Gasteiger partial charge in [0.1, 0.15) is 0 Å². The molecule has 1 unspecified atom stereocenters. The Morgan fingerprint density at radius 1 is 1.00 bits per heavy atom. The van der Waals surface area contributed by atoms with Crippen LogP contribution in [0.5, 0.6) is 0 Å². The van der Waals surface area contributed by atoms with Gasteiger partial charge in [0.25, 0.3) is 0 Å². The molecule has 0 aliphatic carbocycles. The van der Waals surface area contributed by atoms with E-state index in [9.17, 15) is 0 Å². The van der Waals surface area contributed by atoms with Crippen molar-refractivity contribution < 1.29 is 0 Å². The van der Waals surface area contributed by atoms with Gasteiger partial charge in [-0.3, -0.25) is 4.90 Å². The highest BCUT2D eigenvalue weighted by atomic mass is 15.6. The summed E-state index contributed by atoms with van der Waals surface area (Å²) >= 11 is 0. The second kappa shape index (κ2) is 7.79. The molecular formula is C21H25N5. The molecule has 1 atom stereocenters. The summed E-state index contributed by atoms with van der Waals surface area (Å²) in [4.78, 5) is 4.32. The lowest BCUT2D eigenvalue weighted by Gasteiger charge is -2.24. The van der Waals surface area contributed by atoms with Crippen LogP contribution in [0.1, 0.15) is 36.4 Å². The lowest BCUT2D eigenvalue weighted by Crippen LogP contribution is -2.25. The zero-order valence-corrected chi connectivity index (χ0v) is 15.3. The van der Waals surface area contributed by atoms with Crippen molar-refractivity contribution in [1.29, 1.82) is 0 Å². The molecule has 0 bridgehead atoms. The van der Waals surface area contributed by atoms with Crippen LogP contribution in [0.4, 0.5) is 0 Å². The van der Waals surface area contributed by atoms with Gasteiger partial charge in [-0.05, 0) is 43.5 Å². The summed E-state index contributed by atoms with van der Waals surface area (Å²) in [5.74, 6) is 0.698. The highest BCUT2D eigenvalue weighted by molar-refractivity contribution is 5.52. The first-order valence-corrected chi connectivity index (χ1v) is 9.43. The van der Waals surface area contributed by atoms with Gasteiger partial charge in [-0.1, -0.05) is 60.2 Å². The van der Waals surface area contributed by atoms with Crippen molar-refractivity contribution >= 4 is 0 Å². The van der Waals surface area contributed by atoms with Gasteiger partial charge < -0.3 is 0 Å². The minimum Gasteiger partial charge on any atom is -0.296 e.